The van der Waals surface area contributed by atoms with Gasteiger partial charge in [-0.25, -0.2) is 13.1 Å². The Hall–Kier alpha value is -2.61. The summed E-state index contributed by atoms with van der Waals surface area (Å²) in [6.45, 7) is 0.134. The van der Waals surface area contributed by atoms with Crippen LogP contribution in [0.3, 0.4) is 0 Å². The maximum absolute atomic E-state index is 13.9. The summed E-state index contributed by atoms with van der Waals surface area (Å²) in [6, 6.07) is 9.40. The minimum atomic E-state index is -4.27. The highest BCUT2D eigenvalue weighted by Gasteiger charge is 2.60. The average Bonchev–Trinajstić information content (AvgIpc) is 3.55. The summed E-state index contributed by atoms with van der Waals surface area (Å²) in [6.07, 6.45) is 3.80. The molecule has 1 saturated heterocycles. The fourth-order valence-corrected chi connectivity index (χ4v) is 9.54. The highest BCUT2D eigenvalue weighted by Crippen LogP contribution is 2.54. The summed E-state index contributed by atoms with van der Waals surface area (Å²) < 4.78 is 55.7. The number of ketones is 1. The van der Waals surface area contributed by atoms with Gasteiger partial charge in [0.05, 0.1) is 6.26 Å². The monoisotopic (exact) mass is 562 g/mol. The van der Waals surface area contributed by atoms with Crippen molar-refractivity contribution < 1.29 is 26.4 Å². The third-order valence-corrected chi connectivity index (χ3v) is 11.1. The van der Waals surface area contributed by atoms with E-state index in [0.29, 0.717) is 6.54 Å². The van der Waals surface area contributed by atoms with E-state index >= 15 is 0 Å². The molecule has 13 heteroatoms. The number of benzene rings is 1. The highest BCUT2D eigenvalue weighted by molar-refractivity contribution is 7.91. The highest BCUT2D eigenvalue weighted by atomic mass is 32.2. The first-order valence-electron chi connectivity index (χ1n) is 12.1. The van der Waals surface area contributed by atoms with Crippen molar-refractivity contribution in [1.82, 2.24) is 9.62 Å². The zero-order valence-corrected chi connectivity index (χ0v) is 22.4. The van der Waals surface area contributed by atoms with Gasteiger partial charge in [0, 0.05) is 30.6 Å². The van der Waals surface area contributed by atoms with Crippen LogP contribution in [0.4, 0.5) is 5.00 Å². The number of amides is 1. The first-order chi connectivity index (χ1) is 17.5. The molecule has 1 amide bonds. The molecule has 2 aliphatic carbocycles. The van der Waals surface area contributed by atoms with Gasteiger partial charge in [0.25, 0.3) is 10.0 Å². The fraction of sp³-hybridized carbons (Fsp3) is 0.458. The summed E-state index contributed by atoms with van der Waals surface area (Å²) in [5, 5.41) is 4.71. The SMILES string of the molecule is CS(=O)(=O)NCc1csc2c1S(=O)(=O)N=C(C1C(=O)[C@@H]3[C@H]4CC[C@H](C4)[C@@H]3N(Cc3ccccc3)C1=O)N2. The van der Waals surface area contributed by atoms with Crippen LogP contribution in [0.2, 0.25) is 0 Å². The number of carbonyl (C=O) groups is 2. The number of nitrogens with one attached hydrogen (secondary N) is 2. The molecule has 6 rings (SSSR count). The molecule has 5 atom stereocenters. The zero-order chi connectivity index (χ0) is 26.1. The average molecular weight is 563 g/mol. The van der Waals surface area contributed by atoms with E-state index in [1.165, 1.54) is 5.38 Å². The smallest absolute Gasteiger partial charge is 0.287 e. The number of thiophene rings is 1. The van der Waals surface area contributed by atoms with Crippen LogP contribution in [0, 0.1) is 23.7 Å². The molecule has 0 spiro atoms. The van der Waals surface area contributed by atoms with E-state index in [2.05, 4.69) is 14.4 Å². The van der Waals surface area contributed by atoms with Gasteiger partial charge >= 0.3 is 0 Å². The van der Waals surface area contributed by atoms with E-state index in [9.17, 15) is 26.4 Å². The summed E-state index contributed by atoms with van der Waals surface area (Å²) >= 11 is 1.07. The topological polar surface area (TPSA) is 142 Å². The molecular weight excluding hydrogens is 536 g/mol. The van der Waals surface area contributed by atoms with Gasteiger partial charge in [0.2, 0.25) is 15.9 Å². The third kappa shape index (κ3) is 4.21. The van der Waals surface area contributed by atoms with Crippen LogP contribution < -0.4 is 10.0 Å². The zero-order valence-electron chi connectivity index (χ0n) is 20.0. The molecule has 2 bridgehead atoms. The van der Waals surface area contributed by atoms with Crippen molar-refractivity contribution in [2.45, 2.75) is 43.3 Å². The molecule has 0 radical (unpaired) electrons. The molecule has 2 aromatic rings. The van der Waals surface area contributed by atoms with Gasteiger partial charge in [-0.05, 0) is 42.0 Å². The van der Waals surface area contributed by atoms with Crippen LogP contribution in [-0.2, 0) is 42.7 Å². The molecule has 1 unspecified atom stereocenters. The first kappa shape index (κ1) is 24.7. The Morgan fingerprint density at radius 3 is 2.62 bits per heavy atom. The molecule has 3 fully saturated rings. The number of sulfonamides is 2. The van der Waals surface area contributed by atoms with E-state index in [-0.39, 0.29) is 57.4 Å². The van der Waals surface area contributed by atoms with Gasteiger partial charge in [0.15, 0.2) is 11.7 Å². The van der Waals surface area contributed by atoms with Crippen molar-refractivity contribution in [2.75, 3.05) is 11.6 Å². The lowest BCUT2D eigenvalue weighted by atomic mass is 9.73. The number of anilines is 1. The van der Waals surface area contributed by atoms with Crippen LogP contribution in [-0.4, -0.2) is 51.6 Å². The summed E-state index contributed by atoms with van der Waals surface area (Å²) in [5.41, 5.74) is 1.20. The normalized spacial score (nSPS) is 30.0. The molecular formula is C24H26N4O6S3. The molecule has 2 aliphatic heterocycles. The predicted octanol–water partition coefficient (Wildman–Crippen LogP) is 1.95. The number of carbonyl (C=O) groups excluding carboxylic acids is 2. The second-order valence-electron chi connectivity index (χ2n) is 10.2. The largest absolute Gasteiger partial charge is 0.333 e. The Morgan fingerprint density at radius 2 is 1.89 bits per heavy atom. The molecule has 37 heavy (non-hydrogen) atoms. The number of rotatable bonds is 6. The van der Waals surface area contributed by atoms with Crippen molar-refractivity contribution in [3.05, 3.63) is 46.8 Å². The van der Waals surface area contributed by atoms with Gasteiger partial charge in [-0.15, -0.1) is 15.7 Å². The number of fused-ring (bicyclic) bond motifs is 6. The second-order valence-corrected chi connectivity index (χ2v) is 14.5. The van der Waals surface area contributed by atoms with Gasteiger partial charge in [-0.2, -0.15) is 8.42 Å². The fourth-order valence-electron chi connectivity index (χ4n) is 6.47. The standard InChI is InChI=1S/C24H26N4O6S3/c1-36(31,32)25-10-16-12-35-23-21(16)37(33,34)27-22(26-23)18-20(29)17-14-7-8-15(9-14)19(17)28(24(18)30)11-13-5-3-2-4-6-13/h2-6,12,14-15,17-19,25H,7-11H2,1H3,(H,26,27)/t14-,15+,17+,18?,19-/m0/s1. The second kappa shape index (κ2) is 8.72. The summed E-state index contributed by atoms with van der Waals surface area (Å²) in [5.74, 6) is -2.07. The number of likely N-dealkylation sites (tertiary alicyclic amines) is 1. The Labute approximate surface area is 219 Å². The van der Waals surface area contributed by atoms with E-state index < -0.39 is 31.9 Å². The Kier molecular flexibility index (Phi) is 5.82. The van der Waals surface area contributed by atoms with Gasteiger partial charge in [-0.3, -0.25) is 9.59 Å². The molecule has 2 N–H and O–H groups in total. The lowest BCUT2D eigenvalue weighted by Gasteiger charge is -2.45. The van der Waals surface area contributed by atoms with E-state index in [4.69, 9.17) is 0 Å². The lowest BCUT2D eigenvalue weighted by molar-refractivity contribution is -0.153. The molecule has 1 aromatic carbocycles. The molecule has 1 aromatic heterocycles. The number of amidine groups is 1. The molecule has 3 heterocycles. The number of piperidine rings is 1. The molecule has 10 nitrogen and oxygen atoms in total. The minimum absolute atomic E-state index is 0.132. The summed E-state index contributed by atoms with van der Waals surface area (Å²) in [4.78, 5) is 29.4. The van der Waals surface area contributed by atoms with E-state index in [1.807, 2.05) is 30.3 Å². The van der Waals surface area contributed by atoms with Crippen LogP contribution in [0.25, 0.3) is 0 Å². The maximum Gasteiger partial charge on any atom is 0.287 e. The third-order valence-electron chi connectivity index (χ3n) is 7.90. The van der Waals surface area contributed by atoms with Crippen molar-refractivity contribution in [3.63, 3.8) is 0 Å². The van der Waals surface area contributed by atoms with Crippen LogP contribution >= 0.6 is 11.3 Å². The Bertz CT molecular complexity index is 1530. The predicted molar refractivity (Wildman–Crippen MR) is 138 cm³/mol. The van der Waals surface area contributed by atoms with Gasteiger partial charge < -0.3 is 10.2 Å². The van der Waals surface area contributed by atoms with Crippen molar-refractivity contribution in [2.24, 2.45) is 28.1 Å². The number of hydrogen-bond acceptors (Lipinski definition) is 8. The van der Waals surface area contributed by atoms with Crippen LogP contribution in [0.1, 0.15) is 30.4 Å². The lowest BCUT2D eigenvalue weighted by Crippen LogP contribution is -2.61. The Balaban J connectivity index is 1.36. The molecule has 4 aliphatic rings. The van der Waals surface area contributed by atoms with Crippen molar-refractivity contribution in [3.8, 4) is 0 Å². The van der Waals surface area contributed by atoms with Crippen molar-refractivity contribution >= 4 is 53.9 Å². The van der Waals surface area contributed by atoms with Crippen molar-refractivity contribution in [1.29, 1.82) is 0 Å². The first-order valence-corrected chi connectivity index (χ1v) is 16.3. The minimum Gasteiger partial charge on any atom is -0.333 e. The molecule has 196 valence electrons. The molecule has 2 saturated carbocycles. The van der Waals surface area contributed by atoms with E-state index in [1.54, 1.807) is 4.90 Å². The summed E-state index contributed by atoms with van der Waals surface area (Å²) in [7, 11) is -7.82. The number of nitrogens with zero attached hydrogens (tertiary/aromatic N) is 2. The van der Waals surface area contributed by atoms with Gasteiger partial charge in [-0.1, -0.05) is 30.3 Å². The maximum atomic E-state index is 13.9. The van der Waals surface area contributed by atoms with Crippen LogP contribution in [0.5, 0.6) is 0 Å². The van der Waals surface area contributed by atoms with E-state index in [0.717, 1.165) is 42.4 Å². The quantitative estimate of drug-likeness (QED) is 0.513. The number of Topliss-reactive ketones (excluding diaryl/α,β-unsaturated/α-hetero) is 1. The number of hydrogen-bond donors (Lipinski definition) is 2. The van der Waals surface area contributed by atoms with Crippen LogP contribution in [0.15, 0.2) is 45.0 Å². The van der Waals surface area contributed by atoms with Gasteiger partial charge in [0.1, 0.15) is 15.7 Å². The Morgan fingerprint density at radius 1 is 1.16 bits per heavy atom.